The van der Waals surface area contributed by atoms with Crippen molar-refractivity contribution < 1.29 is 0 Å². The Morgan fingerprint density at radius 3 is 3.15 bits per heavy atom. The fraction of sp³-hybridized carbons (Fsp3) is 0.385. The molecule has 0 bridgehead atoms. The molecule has 102 valence electrons. The van der Waals surface area contributed by atoms with E-state index in [1.54, 1.807) is 12.7 Å². The highest BCUT2D eigenvalue weighted by Crippen LogP contribution is 2.27. The summed E-state index contributed by atoms with van der Waals surface area (Å²) in [6, 6.07) is 2.36. The third-order valence-corrected chi connectivity index (χ3v) is 3.80. The number of imidazole rings is 1. The van der Waals surface area contributed by atoms with E-state index in [4.69, 9.17) is 0 Å². The van der Waals surface area contributed by atoms with Crippen LogP contribution in [-0.4, -0.2) is 42.8 Å². The SMILES string of the molecule is c1cnn(C2CCCN(c3ncnc4nc[nH]c34)C2)c1. The van der Waals surface area contributed by atoms with Crippen LogP contribution in [0.2, 0.25) is 0 Å². The molecule has 1 aliphatic heterocycles. The normalized spacial score (nSPS) is 19.6. The van der Waals surface area contributed by atoms with Crippen LogP contribution < -0.4 is 4.90 Å². The lowest BCUT2D eigenvalue weighted by Crippen LogP contribution is -2.37. The number of aromatic amines is 1. The summed E-state index contributed by atoms with van der Waals surface area (Å²) >= 11 is 0. The van der Waals surface area contributed by atoms with Crippen LogP contribution in [0.5, 0.6) is 0 Å². The van der Waals surface area contributed by atoms with Gasteiger partial charge in [0.2, 0.25) is 0 Å². The average Bonchev–Trinajstić information content (AvgIpc) is 3.18. The number of aromatic nitrogens is 6. The number of nitrogens with one attached hydrogen (secondary N) is 1. The van der Waals surface area contributed by atoms with E-state index in [0.717, 1.165) is 42.9 Å². The summed E-state index contributed by atoms with van der Waals surface area (Å²) in [6.07, 6.45) is 9.38. The predicted octanol–water partition coefficient (Wildman–Crippen LogP) is 1.39. The van der Waals surface area contributed by atoms with Crippen molar-refractivity contribution in [3.8, 4) is 0 Å². The number of hydrogen-bond donors (Lipinski definition) is 1. The molecule has 0 radical (unpaired) electrons. The number of H-pyrrole nitrogens is 1. The van der Waals surface area contributed by atoms with Crippen LogP contribution in [0, 0.1) is 0 Å². The Morgan fingerprint density at radius 2 is 2.25 bits per heavy atom. The lowest BCUT2D eigenvalue weighted by molar-refractivity contribution is 0.375. The standard InChI is InChI=1S/C13H15N7/c1-3-10(20-6-2-4-18-20)7-19(5-1)13-11-12(15-8-14-11)16-9-17-13/h2,4,6,8-10H,1,3,5,7H2,(H,14,15,16,17). The second-order valence-corrected chi connectivity index (χ2v) is 5.03. The Hall–Kier alpha value is -2.44. The average molecular weight is 269 g/mol. The molecular formula is C13H15N7. The molecule has 0 spiro atoms. The minimum Gasteiger partial charge on any atom is -0.353 e. The molecule has 3 aromatic rings. The molecule has 7 heteroatoms. The lowest BCUT2D eigenvalue weighted by Gasteiger charge is -2.33. The summed E-state index contributed by atoms with van der Waals surface area (Å²) in [7, 11) is 0. The second-order valence-electron chi connectivity index (χ2n) is 5.03. The van der Waals surface area contributed by atoms with Gasteiger partial charge >= 0.3 is 0 Å². The predicted molar refractivity (Wildman–Crippen MR) is 74.4 cm³/mol. The van der Waals surface area contributed by atoms with Gasteiger partial charge in [-0.1, -0.05) is 0 Å². The van der Waals surface area contributed by atoms with Crippen molar-refractivity contribution in [2.45, 2.75) is 18.9 Å². The van der Waals surface area contributed by atoms with Gasteiger partial charge in [0.15, 0.2) is 11.5 Å². The van der Waals surface area contributed by atoms with Crippen molar-refractivity contribution >= 4 is 17.0 Å². The number of anilines is 1. The molecule has 1 saturated heterocycles. The highest BCUT2D eigenvalue weighted by molar-refractivity contribution is 5.82. The first-order chi connectivity index (χ1) is 9.92. The lowest BCUT2D eigenvalue weighted by atomic mass is 10.1. The van der Waals surface area contributed by atoms with Crippen LogP contribution in [0.1, 0.15) is 18.9 Å². The third-order valence-electron chi connectivity index (χ3n) is 3.80. The van der Waals surface area contributed by atoms with E-state index in [2.05, 4.69) is 29.9 Å². The van der Waals surface area contributed by atoms with E-state index in [-0.39, 0.29) is 0 Å². The molecule has 7 nitrogen and oxygen atoms in total. The van der Waals surface area contributed by atoms with E-state index in [9.17, 15) is 0 Å². The van der Waals surface area contributed by atoms with Crippen LogP contribution in [0.25, 0.3) is 11.2 Å². The fourth-order valence-electron chi connectivity index (χ4n) is 2.85. The first-order valence-electron chi connectivity index (χ1n) is 6.80. The Labute approximate surface area is 115 Å². The zero-order chi connectivity index (χ0) is 13.4. The van der Waals surface area contributed by atoms with Crippen molar-refractivity contribution in [1.82, 2.24) is 29.7 Å². The van der Waals surface area contributed by atoms with Crippen LogP contribution in [0.4, 0.5) is 5.82 Å². The minimum absolute atomic E-state index is 0.395. The number of piperidine rings is 1. The molecule has 20 heavy (non-hydrogen) atoms. The molecule has 0 amide bonds. The zero-order valence-corrected chi connectivity index (χ0v) is 11.0. The van der Waals surface area contributed by atoms with Crippen molar-refractivity contribution in [1.29, 1.82) is 0 Å². The Balaban J connectivity index is 1.66. The number of nitrogens with zero attached hydrogens (tertiary/aromatic N) is 6. The maximum Gasteiger partial charge on any atom is 0.182 e. The van der Waals surface area contributed by atoms with Gasteiger partial charge in [-0.3, -0.25) is 4.68 Å². The van der Waals surface area contributed by atoms with Crippen LogP contribution in [0.3, 0.4) is 0 Å². The maximum absolute atomic E-state index is 4.43. The van der Waals surface area contributed by atoms with Crippen LogP contribution >= 0.6 is 0 Å². The van der Waals surface area contributed by atoms with Crippen LogP contribution in [-0.2, 0) is 0 Å². The molecule has 1 atom stereocenters. The van der Waals surface area contributed by atoms with Crippen molar-refractivity contribution in [2.75, 3.05) is 18.0 Å². The van der Waals surface area contributed by atoms with Gasteiger partial charge in [-0.15, -0.1) is 0 Å². The largest absolute Gasteiger partial charge is 0.353 e. The van der Waals surface area contributed by atoms with Gasteiger partial charge in [-0.25, -0.2) is 15.0 Å². The molecule has 4 rings (SSSR count). The molecule has 0 saturated carbocycles. The Morgan fingerprint density at radius 1 is 1.25 bits per heavy atom. The van der Waals surface area contributed by atoms with Gasteiger partial charge in [0.25, 0.3) is 0 Å². The molecule has 1 fully saturated rings. The van der Waals surface area contributed by atoms with Gasteiger partial charge in [0, 0.05) is 25.5 Å². The molecule has 4 heterocycles. The summed E-state index contributed by atoms with van der Waals surface area (Å²) in [6.45, 7) is 1.91. The molecule has 1 N–H and O–H groups in total. The van der Waals surface area contributed by atoms with Crippen LogP contribution in [0.15, 0.2) is 31.1 Å². The van der Waals surface area contributed by atoms with E-state index in [1.807, 2.05) is 23.1 Å². The number of hydrogen-bond acceptors (Lipinski definition) is 5. The Kier molecular flexibility index (Phi) is 2.61. The smallest absolute Gasteiger partial charge is 0.182 e. The monoisotopic (exact) mass is 269 g/mol. The van der Waals surface area contributed by atoms with Crippen molar-refractivity contribution in [3.05, 3.63) is 31.1 Å². The van der Waals surface area contributed by atoms with Gasteiger partial charge in [0.1, 0.15) is 11.8 Å². The highest BCUT2D eigenvalue weighted by atomic mass is 15.3. The molecule has 0 aromatic carbocycles. The van der Waals surface area contributed by atoms with Gasteiger partial charge in [-0.05, 0) is 18.9 Å². The second kappa shape index (κ2) is 4.59. The van der Waals surface area contributed by atoms with Gasteiger partial charge in [0.05, 0.1) is 12.4 Å². The molecule has 3 aromatic heterocycles. The first kappa shape index (κ1) is 11.4. The summed E-state index contributed by atoms with van der Waals surface area (Å²) in [5.74, 6) is 0.935. The Bertz CT molecular complexity index is 702. The zero-order valence-electron chi connectivity index (χ0n) is 11.0. The summed E-state index contributed by atoms with van der Waals surface area (Å²) < 4.78 is 2.04. The number of rotatable bonds is 2. The van der Waals surface area contributed by atoms with E-state index in [0.29, 0.717) is 6.04 Å². The third kappa shape index (κ3) is 1.82. The quantitative estimate of drug-likeness (QED) is 0.761. The summed E-state index contributed by atoms with van der Waals surface area (Å²) in [5, 5.41) is 4.36. The van der Waals surface area contributed by atoms with E-state index < -0.39 is 0 Å². The summed E-state index contributed by atoms with van der Waals surface area (Å²) in [5.41, 5.74) is 1.63. The summed E-state index contributed by atoms with van der Waals surface area (Å²) in [4.78, 5) is 18.2. The van der Waals surface area contributed by atoms with E-state index in [1.165, 1.54) is 0 Å². The van der Waals surface area contributed by atoms with Crippen molar-refractivity contribution in [3.63, 3.8) is 0 Å². The van der Waals surface area contributed by atoms with Crippen molar-refractivity contribution in [2.24, 2.45) is 0 Å². The van der Waals surface area contributed by atoms with Gasteiger partial charge < -0.3 is 9.88 Å². The van der Waals surface area contributed by atoms with E-state index >= 15 is 0 Å². The number of fused-ring (bicyclic) bond motifs is 1. The minimum atomic E-state index is 0.395. The first-order valence-corrected chi connectivity index (χ1v) is 6.80. The fourth-order valence-corrected chi connectivity index (χ4v) is 2.85. The topological polar surface area (TPSA) is 75.5 Å². The van der Waals surface area contributed by atoms with Gasteiger partial charge in [-0.2, -0.15) is 5.10 Å². The molecular weight excluding hydrogens is 254 g/mol. The molecule has 1 unspecified atom stereocenters. The molecule has 1 aliphatic rings. The highest BCUT2D eigenvalue weighted by Gasteiger charge is 2.24. The maximum atomic E-state index is 4.43. The molecule has 0 aliphatic carbocycles.